The molecule has 1 saturated heterocycles. The van der Waals surface area contributed by atoms with Crippen LogP contribution in [0.15, 0.2) is 40.9 Å². The highest BCUT2D eigenvalue weighted by molar-refractivity contribution is 9.10. The van der Waals surface area contributed by atoms with Crippen LogP contribution in [0.2, 0.25) is 0 Å². The zero-order chi connectivity index (χ0) is 14.9. The molecule has 2 aliphatic carbocycles. The molecule has 1 aliphatic heterocycles. The van der Waals surface area contributed by atoms with Crippen molar-refractivity contribution in [2.24, 2.45) is 17.8 Å². The minimum absolute atomic E-state index is 0.894. The first-order valence-electron chi connectivity index (χ1n) is 8.64. The van der Waals surface area contributed by atoms with Crippen molar-refractivity contribution in [3.05, 3.63) is 46.5 Å². The molecule has 3 aliphatic rings. The smallest absolute Gasteiger partial charge is 0.0234 e. The zero-order valence-electron chi connectivity index (χ0n) is 13.1. The highest BCUT2D eigenvalue weighted by Crippen LogP contribution is 2.43. The predicted molar refractivity (Wildman–Crippen MR) is 94.7 cm³/mol. The van der Waals surface area contributed by atoms with Gasteiger partial charge >= 0.3 is 0 Å². The normalized spacial score (nSPS) is 32.0. The van der Waals surface area contributed by atoms with Gasteiger partial charge in [0.05, 0.1) is 0 Å². The number of benzene rings is 1. The molecule has 1 saturated carbocycles. The van der Waals surface area contributed by atoms with E-state index in [0.29, 0.717) is 0 Å². The van der Waals surface area contributed by atoms with Crippen LogP contribution in [0.25, 0.3) is 0 Å². The van der Waals surface area contributed by atoms with Crippen LogP contribution >= 0.6 is 15.9 Å². The van der Waals surface area contributed by atoms with Crippen LogP contribution in [0.4, 0.5) is 0 Å². The molecule has 4 rings (SSSR count). The zero-order valence-corrected chi connectivity index (χ0v) is 14.7. The molecule has 1 aromatic rings. The summed E-state index contributed by atoms with van der Waals surface area (Å²) < 4.78 is 1.17. The monoisotopic (exact) mass is 360 g/mol. The van der Waals surface area contributed by atoms with Crippen LogP contribution < -0.4 is 0 Å². The van der Waals surface area contributed by atoms with Crippen LogP contribution in [0, 0.1) is 17.8 Å². The van der Waals surface area contributed by atoms with E-state index in [9.17, 15) is 0 Å². The van der Waals surface area contributed by atoms with E-state index in [1.807, 2.05) is 0 Å². The van der Waals surface area contributed by atoms with E-state index in [4.69, 9.17) is 0 Å². The Hall–Kier alpha value is -0.640. The Labute approximate surface area is 142 Å². The number of hydrogen-bond donors (Lipinski definition) is 0. The summed E-state index contributed by atoms with van der Waals surface area (Å²) in [6, 6.07) is 8.76. The molecule has 118 valence electrons. The lowest BCUT2D eigenvalue weighted by molar-refractivity contribution is 0.108. The summed E-state index contributed by atoms with van der Waals surface area (Å²) in [5.41, 5.74) is 1.43. The minimum atomic E-state index is 0.894. The SMILES string of the molecule is Brc1ccc(CN2CCN(C[C@@H]3C[C@H]4C=C[C@H]3C4)CC2)cc1. The molecule has 0 unspecified atom stereocenters. The van der Waals surface area contributed by atoms with Gasteiger partial charge in [0.25, 0.3) is 0 Å². The largest absolute Gasteiger partial charge is 0.300 e. The molecule has 2 bridgehead atoms. The maximum atomic E-state index is 3.51. The lowest BCUT2D eigenvalue weighted by atomic mass is 9.93. The molecule has 1 aromatic carbocycles. The van der Waals surface area contributed by atoms with E-state index in [0.717, 1.165) is 24.3 Å². The van der Waals surface area contributed by atoms with E-state index in [2.05, 4.69) is 62.1 Å². The number of piperazine rings is 1. The van der Waals surface area contributed by atoms with Crippen molar-refractivity contribution in [2.75, 3.05) is 32.7 Å². The van der Waals surface area contributed by atoms with Gasteiger partial charge in [-0.05, 0) is 48.3 Å². The van der Waals surface area contributed by atoms with Crippen LogP contribution in [-0.4, -0.2) is 42.5 Å². The van der Waals surface area contributed by atoms with Gasteiger partial charge in [0, 0.05) is 43.7 Å². The van der Waals surface area contributed by atoms with Crippen molar-refractivity contribution in [1.82, 2.24) is 9.80 Å². The summed E-state index contributed by atoms with van der Waals surface area (Å²) in [4.78, 5) is 5.30. The van der Waals surface area contributed by atoms with Gasteiger partial charge < -0.3 is 4.90 Å². The first kappa shape index (κ1) is 14.9. The number of halogens is 1. The third-order valence-corrected chi connectivity index (χ3v) is 6.22. The molecular formula is C19H25BrN2. The van der Waals surface area contributed by atoms with Gasteiger partial charge in [-0.2, -0.15) is 0 Å². The van der Waals surface area contributed by atoms with Gasteiger partial charge in [-0.15, -0.1) is 0 Å². The summed E-state index contributed by atoms with van der Waals surface area (Å²) in [7, 11) is 0. The van der Waals surface area contributed by atoms with Crippen LogP contribution in [0.1, 0.15) is 18.4 Å². The number of nitrogens with zero attached hydrogens (tertiary/aromatic N) is 2. The third kappa shape index (κ3) is 3.32. The van der Waals surface area contributed by atoms with Crippen LogP contribution in [-0.2, 0) is 6.54 Å². The number of rotatable bonds is 4. The molecule has 2 nitrogen and oxygen atoms in total. The summed E-state index contributed by atoms with van der Waals surface area (Å²) in [6.07, 6.45) is 7.83. The molecule has 3 atom stereocenters. The second-order valence-electron chi connectivity index (χ2n) is 7.24. The average molecular weight is 361 g/mol. The van der Waals surface area contributed by atoms with Crippen molar-refractivity contribution in [1.29, 1.82) is 0 Å². The Balaban J connectivity index is 1.24. The summed E-state index contributed by atoms with van der Waals surface area (Å²) in [6.45, 7) is 7.34. The molecule has 0 amide bonds. The summed E-state index contributed by atoms with van der Waals surface area (Å²) in [5.74, 6) is 2.74. The van der Waals surface area contributed by atoms with E-state index in [1.165, 1.54) is 55.6 Å². The average Bonchev–Trinajstić information content (AvgIpc) is 3.14. The first-order chi connectivity index (χ1) is 10.8. The van der Waals surface area contributed by atoms with Crippen molar-refractivity contribution in [3.8, 4) is 0 Å². The topological polar surface area (TPSA) is 6.48 Å². The Morgan fingerprint density at radius 1 is 0.909 bits per heavy atom. The molecule has 0 aromatic heterocycles. The Morgan fingerprint density at radius 2 is 1.64 bits per heavy atom. The van der Waals surface area contributed by atoms with E-state index in [-0.39, 0.29) is 0 Å². The quantitative estimate of drug-likeness (QED) is 0.753. The van der Waals surface area contributed by atoms with Crippen molar-refractivity contribution in [2.45, 2.75) is 19.4 Å². The Kier molecular flexibility index (Phi) is 4.38. The first-order valence-corrected chi connectivity index (χ1v) is 9.43. The number of hydrogen-bond acceptors (Lipinski definition) is 2. The minimum Gasteiger partial charge on any atom is -0.300 e. The van der Waals surface area contributed by atoms with Crippen molar-refractivity contribution in [3.63, 3.8) is 0 Å². The Morgan fingerprint density at radius 3 is 2.27 bits per heavy atom. The number of fused-ring (bicyclic) bond motifs is 2. The lowest BCUT2D eigenvalue weighted by Gasteiger charge is -2.37. The highest BCUT2D eigenvalue weighted by Gasteiger charge is 2.36. The van der Waals surface area contributed by atoms with Crippen LogP contribution in [0.3, 0.4) is 0 Å². The van der Waals surface area contributed by atoms with Gasteiger partial charge in [0.2, 0.25) is 0 Å². The van der Waals surface area contributed by atoms with Crippen LogP contribution in [0.5, 0.6) is 0 Å². The van der Waals surface area contributed by atoms with Gasteiger partial charge in [-0.1, -0.05) is 40.2 Å². The molecular weight excluding hydrogens is 336 g/mol. The maximum absolute atomic E-state index is 3.51. The fourth-order valence-electron chi connectivity index (χ4n) is 4.41. The van der Waals surface area contributed by atoms with E-state index >= 15 is 0 Å². The molecule has 0 spiro atoms. The predicted octanol–water partition coefficient (Wildman–Crippen LogP) is 3.78. The lowest BCUT2D eigenvalue weighted by Crippen LogP contribution is -2.47. The third-order valence-electron chi connectivity index (χ3n) is 5.69. The molecule has 2 fully saturated rings. The standard InChI is InChI=1S/C19H25BrN2/c20-19-5-2-15(3-6-19)13-21-7-9-22(10-8-21)14-18-12-16-1-4-17(18)11-16/h1-6,16-18H,7-14H2/t16-,17-,18-/m0/s1. The van der Waals surface area contributed by atoms with E-state index in [1.54, 1.807) is 0 Å². The summed E-state index contributed by atoms with van der Waals surface area (Å²) >= 11 is 3.51. The van der Waals surface area contributed by atoms with Crippen molar-refractivity contribution >= 4 is 15.9 Å². The highest BCUT2D eigenvalue weighted by atomic mass is 79.9. The van der Waals surface area contributed by atoms with Gasteiger partial charge in [-0.3, -0.25) is 4.90 Å². The number of allylic oxidation sites excluding steroid dienone is 2. The molecule has 22 heavy (non-hydrogen) atoms. The van der Waals surface area contributed by atoms with Gasteiger partial charge in [0.15, 0.2) is 0 Å². The Bertz CT molecular complexity index is 531. The van der Waals surface area contributed by atoms with E-state index < -0.39 is 0 Å². The maximum Gasteiger partial charge on any atom is 0.0234 e. The van der Waals surface area contributed by atoms with Gasteiger partial charge in [0.1, 0.15) is 0 Å². The second-order valence-corrected chi connectivity index (χ2v) is 8.16. The van der Waals surface area contributed by atoms with Gasteiger partial charge in [-0.25, -0.2) is 0 Å². The summed E-state index contributed by atoms with van der Waals surface area (Å²) in [5, 5.41) is 0. The molecule has 1 heterocycles. The molecule has 3 heteroatoms. The molecule has 0 N–H and O–H groups in total. The fraction of sp³-hybridized carbons (Fsp3) is 0.579. The molecule has 0 radical (unpaired) electrons. The second kappa shape index (κ2) is 6.46. The fourth-order valence-corrected chi connectivity index (χ4v) is 4.68. The van der Waals surface area contributed by atoms with Crippen molar-refractivity contribution < 1.29 is 0 Å².